The Hall–Kier alpha value is -0.860. The van der Waals surface area contributed by atoms with Crippen molar-refractivity contribution >= 4 is 0 Å². The van der Waals surface area contributed by atoms with Crippen molar-refractivity contribution in [3.8, 4) is 0 Å². The van der Waals surface area contributed by atoms with Crippen LogP contribution in [0.25, 0.3) is 0 Å². The molecule has 1 aromatic carbocycles. The van der Waals surface area contributed by atoms with Gasteiger partial charge in [-0.3, -0.25) is 0 Å². The van der Waals surface area contributed by atoms with Gasteiger partial charge in [-0.25, -0.2) is 0 Å². The molecule has 0 bridgehead atoms. The van der Waals surface area contributed by atoms with Crippen LogP contribution in [0.3, 0.4) is 0 Å². The van der Waals surface area contributed by atoms with Gasteiger partial charge < -0.3 is 10.6 Å². The predicted octanol–water partition coefficient (Wildman–Crippen LogP) is 2.68. The zero-order valence-electron chi connectivity index (χ0n) is 11.2. The van der Waals surface area contributed by atoms with Gasteiger partial charge in [-0.2, -0.15) is 0 Å². The smallest absolute Gasteiger partial charge is 0.00188 e. The van der Waals surface area contributed by atoms with Gasteiger partial charge in [0.15, 0.2) is 0 Å². The van der Waals surface area contributed by atoms with E-state index in [9.17, 15) is 0 Å². The highest BCUT2D eigenvalue weighted by atomic mass is 15.1. The van der Waals surface area contributed by atoms with Gasteiger partial charge >= 0.3 is 0 Å². The fourth-order valence-electron chi connectivity index (χ4n) is 1.92. The minimum absolute atomic E-state index is 0.352. The summed E-state index contributed by atoms with van der Waals surface area (Å²) >= 11 is 0. The average molecular weight is 234 g/mol. The molecule has 96 valence electrons. The molecule has 0 saturated heterocycles. The lowest BCUT2D eigenvalue weighted by molar-refractivity contribution is 0.327. The Morgan fingerprint density at radius 1 is 1.12 bits per heavy atom. The average Bonchev–Trinajstić information content (AvgIpc) is 2.33. The summed E-state index contributed by atoms with van der Waals surface area (Å²) in [7, 11) is 2.20. The number of unbranched alkanes of at least 4 members (excludes halogenated alkanes) is 1. The van der Waals surface area contributed by atoms with Crippen molar-refractivity contribution in [2.75, 3.05) is 20.1 Å². The molecule has 0 aliphatic heterocycles. The number of hydrogen-bond donors (Lipinski definition) is 1. The van der Waals surface area contributed by atoms with Gasteiger partial charge in [-0.1, -0.05) is 36.8 Å². The standard InChI is InChI=1S/C15H26N2/c1-14(16)8-6-7-12-17(2)13-11-15-9-4-3-5-10-15/h3-5,9-10,14H,6-8,11-13,16H2,1-2H3. The van der Waals surface area contributed by atoms with Crippen LogP contribution >= 0.6 is 0 Å². The third-order valence-corrected chi connectivity index (χ3v) is 3.07. The fourth-order valence-corrected chi connectivity index (χ4v) is 1.92. The van der Waals surface area contributed by atoms with Gasteiger partial charge in [0.2, 0.25) is 0 Å². The first-order chi connectivity index (χ1) is 8.18. The summed E-state index contributed by atoms with van der Waals surface area (Å²) in [5.74, 6) is 0. The molecule has 1 atom stereocenters. The SMILES string of the molecule is CC(N)CCCCN(C)CCc1ccccc1. The van der Waals surface area contributed by atoms with Crippen molar-refractivity contribution in [3.63, 3.8) is 0 Å². The van der Waals surface area contributed by atoms with Crippen LogP contribution in [0.4, 0.5) is 0 Å². The quantitative estimate of drug-likeness (QED) is 0.701. The van der Waals surface area contributed by atoms with E-state index in [-0.39, 0.29) is 0 Å². The molecule has 1 rings (SSSR count). The van der Waals surface area contributed by atoms with Crippen molar-refractivity contribution in [1.82, 2.24) is 4.90 Å². The molecule has 0 amide bonds. The van der Waals surface area contributed by atoms with Crippen molar-refractivity contribution < 1.29 is 0 Å². The summed E-state index contributed by atoms with van der Waals surface area (Å²) in [6.45, 7) is 4.40. The Balaban J connectivity index is 2.07. The van der Waals surface area contributed by atoms with E-state index in [2.05, 4.69) is 49.2 Å². The molecule has 1 unspecified atom stereocenters. The Labute approximate surface area is 106 Å². The summed E-state index contributed by atoms with van der Waals surface area (Å²) in [5.41, 5.74) is 7.16. The second kappa shape index (κ2) is 8.26. The Bertz CT molecular complexity index is 282. The van der Waals surface area contributed by atoms with Gasteiger partial charge in [-0.05, 0) is 45.3 Å². The molecule has 0 fully saturated rings. The first-order valence-electron chi connectivity index (χ1n) is 6.66. The normalized spacial score (nSPS) is 12.9. The zero-order valence-corrected chi connectivity index (χ0v) is 11.2. The molecule has 1 aromatic rings. The highest BCUT2D eigenvalue weighted by molar-refractivity contribution is 5.14. The van der Waals surface area contributed by atoms with Gasteiger partial charge in [0.25, 0.3) is 0 Å². The van der Waals surface area contributed by atoms with Crippen LogP contribution in [0.2, 0.25) is 0 Å². The molecular formula is C15H26N2. The first kappa shape index (κ1) is 14.2. The van der Waals surface area contributed by atoms with E-state index in [0.717, 1.165) is 19.4 Å². The maximum absolute atomic E-state index is 5.73. The Morgan fingerprint density at radius 2 is 1.82 bits per heavy atom. The number of benzene rings is 1. The molecule has 2 nitrogen and oxygen atoms in total. The van der Waals surface area contributed by atoms with E-state index < -0.39 is 0 Å². The van der Waals surface area contributed by atoms with E-state index in [1.807, 2.05) is 0 Å². The molecule has 2 N–H and O–H groups in total. The highest BCUT2D eigenvalue weighted by Gasteiger charge is 2.00. The van der Waals surface area contributed by atoms with Crippen molar-refractivity contribution in [3.05, 3.63) is 35.9 Å². The summed E-state index contributed by atoms with van der Waals surface area (Å²) in [4.78, 5) is 2.41. The largest absolute Gasteiger partial charge is 0.328 e. The van der Waals surface area contributed by atoms with Crippen LogP contribution in [-0.2, 0) is 6.42 Å². The second-order valence-electron chi connectivity index (χ2n) is 5.01. The van der Waals surface area contributed by atoms with Crippen LogP contribution in [0.5, 0.6) is 0 Å². The van der Waals surface area contributed by atoms with E-state index in [4.69, 9.17) is 5.73 Å². The molecular weight excluding hydrogens is 208 g/mol. The lowest BCUT2D eigenvalue weighted by Gasteiger charge is -2.16. The number of rotatable bonds is 8. The van der Waals surface area contributed by atoms with Gasteiger partial charge in [0.05, 0.1) is 0 Å². The summed E-state index contributed by atoms with van der Waals surface area (Å²) in [6.07, 6.45) is 4.79. The summed E-state index contributed by atoms with van der Waals surface area (Å²) in [6, 6.07) is 11.0. The maximum Gasteiger partial charge on any atom is 0.00188 e. The maximum atomic E-state index is 5.73. The number of hydrogen-bond acceptors (Lipinski definition) is 2. The molecule has 0 spiro atoms. The molecule has 2 heteroatoms. The molecule has 0 saturated carbocycles. The number of likely N-dealkylation sites (N-methyl/N-ethyl adjacent to an activating group) is 1. The van der Waals surface area contributed by atoms with Gasteiger partial charge in [0.1, 0.15) is 0 Å². The highest BCUT2D eigenvalue weighted by Crippen LogP contribution is 2.03. The topological polar surface area (TPSA) is 29.3 Å². The molecule has 0 aliphatic rings. The molecule has 0 heterocycles. The Kier molecular flexibility index (Phi) is 6.90. The van der Waals surface area contributed by atoms with Crippen LogP contribution < -0.4 is 5.73 Å². The summed E-state index contributed by atoms with van der Waals surface area (Å²) < 4.78 is 0. The molecule has 0 aromatic heterocycles. The van der Waals surface area contributed by atoms with Gasteiger partial charge in [-0.15, -0.1) is 0 Å². The third-order valence-electron chi connectivity index (χ3n) is 3.07. The first-order valence-corrected chi connectivity index (χ1v) is 6.66. The summed E-state index contributed by atoms with van der Waals surface area (Å²) in [5, 5.41) is 0. The van der Waals surface area contributed by atoms with Crippen molar-refractivity contribution in [2.24, 2.45) is 5.73 Å². The van der Waals surface area contributed by atoms with E-state index in [1.54, 1.807) is 0 Å². The predicted molar refractivity (Wildman–Crippen MR) is 75.1 cm³/mol. The van der Waals surface area contributed by atoms with E-state index in [0.29, 0.717) is 6.04 Å². The van der Waals surface area contributed by atoms with Crippen molar-refractivity contribution in [1.29, 1.82) is 0 Å². The van der Waals surface area contributed by atoms with Crippen molar-refractivity contribution in [2.45, 2.75) is 38.6 Å². The van der Waals surface area contributed by atoms with Crippen LogP contribution in [0, 0.1) is 0 Å². The van der Waals surface area contributed by atoms with Crippen LogP contribution in [0.1, 0.15) is 31.7 Å². The minimum atomic E-state index is 0.352. The van der Waals surface area contributed by atoms with Crippen LogP contribution in [-0.4, -0.2) is 31.1 Å². The van der Waals surface area contributed by atoms with Crippen LogP contribution in [0.15, 0.2) is 30.3 Å². The van der Waals surface area contributed by atoms with E-state index in [1.165, 1.54) is 24.9 Å². The van der Waals surface area contributed by atoms with E-state index >= 15 is 0 Å². The monoisotopic (exact) mass is 234 g/mol. The third kappa shape index (κ3) is 7.14. The molecule has 0 radical (unpaired) electrons. The molecule has 0 aliphatic carbocycles. The Morgan fingerprint density at radius 3 is 2.47 bits per heavy atom. The number of nitrogens with two attached hydrogens (primary N) is 1. The fraction of sp³-hybridized carbons (Fsp3) is 0.600. The second-order valence-corrected chi connectivity index (χ2v) is 5.01. The van der Waals surface area contributed by atoms with Gasteiger partial charge in [0, 0.05) is 12.6 Å². The number of nitrogens with zero attached hydrogens (tertiary/aromatic N) is 1. The minimum Gasteiger partial charge on any atom is -0.328 e. The molecule has 17 heavy (non-hydrogen) atoms. The lowest BCUT2D eigenvalue weighted by Crippen LogP contribution is -2.23. The lowest BCUT2D eigenvalue weighted by atomic mass is 10.1. The zero-order chi connectivity index (χ0) is 12.5.